The lowest BCUT2D eigenvalue weighted by Crippen LogP contribution is -2.36. The molecule has 1 aliphatic carbocycles. The summed E-state index contributed by atoms with van der Waals surface area (Å²) in [6.07, 6.45) is 6.35. The van der Waals surface area contributed by atoms with E-state index in [0.717, 1.165) is 31.9 Å². The molecule has 1 heterocycles. The van der Waals surface area contributed by atoms with Gasteiger partial charge in [0.25, 0.3) is 27.7 Å². The second-order valence-corrected chi connectivity index (χ2v) is 9.63. The average molecular weight is 489 g/mol. The molecule has 3 amide bonds. The Hall–Kier alpha value is -3.31. The fourth-order valence-electron chi connectivity index (χ4n) is 3.56. The molecule has 1 aromatic heterocycles. The van der Waals surface area contributed by atoms with Crippen molar-refractivity contribution in [1.29, 1.82) is 0 Å². The van der Waals surface area contributed by atoms with Crippen LogP contribution in [-0.4, -0.2) is 57.4 Å². The number of rotatable bonds is 9. The van der Waals surface area contributed by atoms with Crippen LogP contribution in [-0.2, 0) is 14.8 Å². The molecule has 2 aromatic rings. The fourth-order valence-corrected chi connectivity index (χ4v) is 4.53. The number of hydrogen-bond acceptors (Lipinski definition) is 7. The summed E-state index contributed by atoms with van der Waals surface area (Å²) in [6, 6.07) is 8.14. The number of hydrogen-bond donors (Lipinski definition) is 3. The second-order valence-electron chi connectivity index (χ2n) is 7.95. The summed E-state index contributed by atoms with van der Waals surface area (Å²) in [5.74, 6) is -1.58. The number of aromatic nitrogens is 1. The molecule has 0 spiro atoms. The van der Waals surface area contributed by atoms with Gasteiger partial charge in [0, 0.05) is 31.5 Å². The van der Waals surface area contributed by atoms with Crippen molar-refractivity contribution in [1.82, 2.24) is 20.3 Å². The lowest BCUT2D eigenvalue weighted by Gasteiger charge is -2.22. The maximum absolute atomic E-state index is 12.6. The Morgan fingerprint density at radius 2 is 1.62 bits per heavy atom. The summed E-state index contributed by atoms with van der Waals surface area (Å²) in [6.45, 7) is 0.648. The third-order valence-electron chi connectivity index (χ3n) is 5.44. The number of nitrogens with one attached hydrogen (secondary N) is 3. The Morgan fingerprint density at radius 1 is 0.941 bits per heavy atom. The molecule has 1 aromatic carbocycles. The smallest absolute Gasteiger partial charge is 0.269 e. The van der Waals surface area contributed by atoms with E-state index in [1.54, 1.807) is 0 Å². The van der Waals surface area contributed by atoms with Crippen LogP contribution >= 0.6 is 0 Å². The van der Waals surface area contributed by atoms with E-state index in [2.05, 4.69) is 15.6 Å². The summed E-state index contributed by atoms with van der Waals surface area (Å²) in [4.78, 5) is 40.5. The van der Waals surface area contributed by atoms with Gasteiger partial charge in [-0.2, -0.15) is 0 Å². The normalized spacial score (nSPS) is 14.3. The number of methoxy groups -OCH3 is 1. The first-order valence-corrected chi connectivity index (χ1v) is 12.5. The van der Waals surface area contributed by atoms with E-state index in [9.17, 15) is 22.8 Å². The van der Waals surface area contributed by atoms with Gasteiger partial charge in [-0.15, -0.1) is 0 Å². The molecule has 1 saturated carbocycles. The summed E-state index contributed by atoms with van der Waals surface area (Å²) in [5.41, 5.74) is 0.400. The highest BCUT2D eigenvalue weighted by molar-refractivity contribution is 7.90. The Balaban J connectivity index is 1.59. The van der Waals surface area contributed by atoms with Gasteiger partial charge in [0.1, 0.15) is 5.69 Å². The van der Waals surface area contributed by atoms with Crippen molar-refractivity contribution >= 4 is 27.7 Å². The number of ether oxygens (including phenoxy) is 1. The van der Waals surface area contributed by atoms with Crippen LogP contribution in [0.2, 0.25) is 0 Å². The molecule has 11 heteroatoms. The molecule has 34 heavy (non-hydrogen) atoms. The second kappa shape index (κ2) is 11.7. The van der Waals surface area contributed by atoms with E-state index in [0.29, 0.717) is 18.7 Å². The molecular weight excluding hydrogens is 460 g/mol. The van der Waals surface area contributed by atoms with Crippen molar-refractivity contribution in [3.63, 3.8) is 0 Å². The molecule has 0 bridgehead atoms. The molecule has 182 valence electrons. The molecule has 0 aliphatic heterocycles. The first-order valence-electron chi connectivity index (χ1n) is 11.0. The van der Waals surface area contributed by atoms with Gasteiger partial charge in [-0.25, -0.2) is 13.1 Å². The predicted molar refractivity (Wildman–Crippen MR) is 124 cm³/mol. The first kappa shape index (κ1) is 25.3. The van der Waals surface area contributed by atoms with Gasteiger partial charge < -0.3 is 15.4 Å². The van der Waals surface area contributed by atoms with Crippen molar-refractivity contribution in [3.8, 4) is 0 Å². The van der Waals surface area contributed by atoms with Crippen molar-refractivity contribution in [2.45, 2.75) is 43.0 Å². The van der Waals surface area contributed by atoms with Gasteiger partial charge in [-0.1, -0.05) is 19.3 Å². The van der Waals surface area contributed by atoms with Crippen LogP contribution in [0.25, 0.3) is 0 Å². The number of pyridine rings is 1. The monoisotopic (exact) mass is 488 g/mol. The molecule has 1 aliphatic rings. The molecule has 1 fully saturated rings. The van der Waals surface area contributed by atoms with Crippen molar-refractivity contribution in [2.24, 2.45) is 0 Å². The summed E-state index contributed by atoms with van der Waals surface area (Å²) < 4.78 is 32.0. The van der Waals surface area contributed by atoms with E-state index in [-0.39, 0.29) is 28.1 Å². The van der Waals surface area contributed by atoms with E-state index in [4.69, 9.17) is 4.74 Å². The van der Waals surface area contributed by atoms with Crippen LogP contribution in [0.3, 0.4) is 0 Å². The van der Waals surface area contributed by atoms with Crippen LogP contribution in [0.1, 0.15) is 63.3 Å². The number of amides is 3. The molecule has 10 nitrogen and oxygen atoms in total. The number of carbonyl (C=O) groups is 3. The predicted octanol–water partition coefficient (Wildman–Crippen LogP) is 1.64. The minimum Gasteiger partial charge on any atom is -0.383 e. The van der Waals surface area contributed by atoms with Gasteiger partial charge in [0.05, 0.1) is 17.1 Å². The number of nitrogens with zero attached hydrogens (tertiary/aromatic N) is 1. The van der Waals surface area contributed by atoms with Crippen molar-refractivity contribution in [3.05, 3.63) is 59.4 Å². The third-order valence-corrected chi connectivity index (χ3v) is 6.79. The number of carbonyl (C=O) groups excluding carboxylic acids is 3. The van der Waals surface area contributed by atoms with E-state index in [1.165, 1.54) is 49.9 Å². The van der Waals surface area contributed by atoms with Gasteiger partial charge in [-0.05, 0) is 49.2 Å². The highest BCUT2D eigenvalue weighted by atomic mass is 32.2. The fraction of sp³-hybridized carbons (Fsp3) is 0.391. The summed E-state index contributed by atoms with van der Waals surface area (Å²) in [7, 11) is -2.66. The molecular formula is C23H28N4O6S. The standard InChI is InChI=1S/C23H28N4O6S/c1-33-14-13-24-23(30)20-12-9-17(15-25-20)22(29)27-34(31,32)19-10-7-16(8-11-19)21(28)26-18-5-3-2-4-6-18/h7-12,15,18H,2-6,13-14H2,1H3,(H,24,30)(H,26,28)(H,27,29). The first-order chi connectivity index (χ1) is 16.3. The summed E-state index contributed by atoms with van der Waals surface area (Å²) in [5, 5.41) is 5.57. The molecule has 0 saturated heterocycles. The van der Waals surface area contributed by atoms with E-state index in [1.807, 2.05) is 4.72 Å². The van der Waals surface area contributed by atoms with Crippen LogP contribution in [0, 0.1) is 0 Å². The maximum atomic E-state index is 12.6. The third kappa shape index (κ3) is 6.84. The Kier molecular flexibility index (Phi) is 8.72. The molecule has 3 N–H and O–H groups in total. The largest absolute Gasteiger partial charge is 0.383 e. The lowest BCUT2D eigenvalue weighted by molar-refractivity contribution is 0.0921. The SMILES string of the molecule is COCCNC(=O)c1ccc(C(=O)NS(=O)(=O)c2ccc(C(=O)NC3CCCCC3)cc2)cn1. The molecule has 0 atom stereocenters. The van der Waals surface area contributed by atoms with Crippen molar-refractivity contribution in [2.75, 3.05) is 20.3 Å². The number of benzene rings is 1. The Morgan fingerprint density at radius 3 is 2.24 bits per heavy atom. The zero-order valence-electron chi connectivity index (χ0n) is 18.9. The van der Waals surface area contributed by atoms with Crippen LogP contribution in [0.4, 0.5) is 0 Å². The van der Waals surface area contributed by atoms with E-state index >= 15 is 0 Å². The van der Waals surface area contributed by atoms with Crippen LogP contribution < -0.4 is 15.4 Å². The minimum absolute atomic E-state index is 0.0273. The highest BCUT2D eigenvalue weighted by Gasteiger charge is 2.21. The molecule has 0 radical (unpaired) electrons. The number of sulfonamides is 1. The highest BCUT2D eigenvalue weighted by Crippen LogP contribution is 2.18. The molecule has 0 unspecified atom stereocenters. The lowest BCUT2D eigenvalue weighted by atomic mass is 9.95. The Bertz CT molecular complexity index is 1110. The zero-order valence-corrected chi connectivity index (χ0v) is 19.7. The van der Waals surface area contributed by atoms with Gasteiger partial charge >= 0.3 is 0 Å². The average Bonchev–Trinajstić information content (AvgIpc) is 2.84. The minimum atomic E-state index is -4.17. The summed E-state index contributed by atoms with van der Waals surface area (Å²) >= 11 is 0. The van der Waals surface area contributed by atoms with Crippen molar-refractivity contribution < 1.29 is 27.5 Å². The van der Waals surface area contributed by atoms with Gasteiger partial charge in [0.15, 0.2) is 0 Å². The Labute approximate surface area is 198 Å². The maximum Gasteiger partial charge on any atom is 0.269 e. The molecule has 3 rings (SSSR count). The van der Waals surface area contributed by atoms with Crippen LogP contribution in [0.5, 0.6) is 0 Å². The van der Waals surface area contributed by atoms with Gasteiger partial charge in [-0.3, -0.25) is 19.4 Å². The quantitative estimate of drug-likeness (QED) is 0.455. The van der Waals surface area contributed by atoms with Gasteiger partial charge in [0.2, 0.25) is 0 Å². The topological polar surface area (TPSA) is 144 Å². The van der Waals surface area contributed by atoms with E-state index < -0.39 is 21.8 Å². The van der Waals surface area contributed by atoms with Crippen LogP contribution in [0.15, 0.2) is 47.5 Å². The zero-order chi connectivity index (χ0) is 24.6.